The third-order valence-corrected chi connectivity index (χ3v) is 3.32. The number of hydrogen-bond acceptors (Lipinski definition) is 3. The van der Waals surface area contributed by atoms with Gasteiger partial charge in [0, 0.05) is 19.0 Å². The maximum absolute atomic E-state index is 11.5. The summed E-state index contributed by atoms with van der Waals surface area (Å²) < 4.78 is 0. The molecule has 0 aromatic carbocycles. The minimum atomic E-state index is -0.0171. The van der Waals surface area contributed by atoms with Crippen LogP contribution in [0.4, 0.5) is 0 Å². The van der Waals surface area contributed by atoms with E-state index in [1.807, 2.05) is 25.6 Å². The van der Waals surface area contributed by atoms with Crippen molar-refractivity contribution in [2.45, 2.75) is 45.6 Å². The average Bonchev–Trinajstić information content (AvgIpc) is 2.23. The van der Waals surface area contributed by atoms with Crippen molar-refractivity contribution < 1.29 is 4.79 Å². The predicted octanol–water partition coefficient (Wildman–Crippen LogP) is 2.01. The largest absolute Gasteiger partial charge is 0.356 e. The molecule has 16 heavy (non-hydrogen) atoms. The number of nitrogens with one attached hydrogen (secondary N) is 1. The van der Waals surface area contributed by atoms with E-state index >= 15 is 0 Å². The van der Waals surface area contributed by atoms with E-state index in [-0.39, 0.29) is 11.9 Å². The van der Waals surface area contributed by atoms with Gasteiger partial charge in [-0.25, -0.2) is 0 Å². The van der Waals surface area contributed by atoms with E-state index in [2.05, 4.69) is 11.6 Å². The Bertz CT molecular complexity index is 186. The van der Waals surface area contributed by atoms with Crippen molar-refractivity contribution >= 4 is 17.7 Å². The van der Waals surface area contributed by atoms with E-state index in [4.69, 9.17) is 5.73 Å². The molecule has 0 rings (SSSR count). The summed E-state index contributed by atoms with van der Waals surface area (Å²) in [5.74, 6) is 1.67. The number of hydrogen-bond donors (Lipinski definition) is 2. The van der Waals surface area contributed by atoms with Crippen LogP contribution in [0.5, 0.6) is 0 Å². The molecule has 0 bridgehead atoms. The quantitative estimate of drug-likeness (QED) is 0.612. The second kappa shape index (κ2) is 9.97. The highest BCUT2D eigenvalue weighted by atomic mass is 32.2. The SMILES string of the molecule is CSCCCCCNC(=O)CC(N)C(C)C. The normalized spacial score (nSPS) is 12.8. The van der Waals surface area contributed by atoms with Crippen LogP contribution in [0.25, 0.3) is 0 Å². The van der Waals surface area contributed by atoms with Crippen LogP contribution in [0.2, 0.25) is 0 Å². The molecule has 1 unspecified atom stereocenters. The van der Waals surface area contributed by atoms with Crippen molar-refractivity contribution in [3.8, 4) is 0 Å². The first-order valence-corrected chi connectivity index (χ1v) is 7.48. The lowest BCUT2D eigenvalue weighted by atomic mass is 10.0. The summed E-state index contributed by atoms with van der Waals surface area (Å²) in [6.07, 6.45) is 6.07. The van der Waals surface area contributed by atoms with Gasteiger partial charge in [-0.3, -0.25) is 4.79 Å². The molecule has 0 aromatic heterocycles. The van der Waals surface area contributed by atoms with Gasteiger partial charge in [0.25, 0.3) is 0 Å². The van der Waals surface area contributed by atoms with Gasteiger partial charge in [-0.2, -0.15) is 11.8 Å². The maximum Gasteiger partial charge on any atom is 0.221 e. The van der Waals surface area contributed by atoms with Crippen molar-refractivity contribution in [3.63, 3.8) is 0 Å². The van der Waals surface area contributed by atoms with Crippen LogP contribution in [0.15, 0.2) is 0 Å². The van der Waals surface area contributed by atoms with Gasteiger partial charge in [-0.15, -0.1) is 0 Å². The highest BCUT2D eigenvalue weighted by Gasteiger charge is 2.11. The van der Waals surface area contributed by atoms with E-state index in [0.717, 1.165) is 13.0 Å². The summed E-state index contributed by atoms with van der Waals surface area (Å²) in [5.41, 5.74) is 5.82. The van der Waals surface area contributed by atoms with Crippen LogP contribution >= 0.6 is 11.8 Å². The van der Waals surface area contributed by atoms with Crippen molar-refractivity contribution in [2.75, 3.05) is 18.6 Å². The predicted molar refractivity (Wildman–Crippen MR) is 72.7 cm³/mol. The van der Waals surface area contributed by atoms with Crippen LogP contribution in [-0.4, -0.2) is 30.5 Å². The lowest BCUT2D eigenvalue weighted by molar-refractivity contribution is -0.121. The molecule has 0 radical (unpaired) electrons. The van der Waals surface area contributed by atoms with E-state index in [1.54, 1.807) is 0 Å². The van der Waals surface area contributed by atoms with Gasteiger partial charge < -0.3 is 11.1 Å². The monoisotopic (exact) mass is 246 g/mol. The number of carbonyl (C=O) groups is 1. The topological polar surface area (TPSA) is 55.1 Å². The van der Waals surface area contributed by atoms with Crippen LogP contribution in [0, 0.1) is 5.92 Å². The zero-order valence-electron chi connectivity index (χ0n) is 10.8. The number of unbranched alkanes of at least 4 members (excludes halogenated alkanes) is 2. The Morgan fingerprint density at radius 2 is 2.00 bits per heavy atom. The molecule has 0 aliphatic heterocycles. The smallest absolute Gasteiger partial charge is 0.221 e. The summed E-state index contributed by atoms with van der Waals surface area (Å²) in [6, 6.07) is -0.0171. The third-order valence-electron chi connectivity index (χ3n) is 2.62. The Balaban J connectivity index is 3.37. The standard InChI is InChI=1S/C12H26N2OS/c1-10(2)11(13)9-12(15)14-7-5-4-6-8-16-3/h10-11H,4-9,13H2,1-3H3,(H,14,15). The molecule has 1 atom stereocenters. The average molecular weight is 246 g/mol. The Kier molecular flexibility index (Phi) is 9.83. The summed E-state index contributed by atoms with van der Waals surface area (Å²) in [4.78, 5) is 11.5. The van der Waals surface area contributed by atoms with Gasteiger partial charge in [-0.1, -0.05) is 20.3 Å². The molecule has 96 valence electrons. The fourth-order valence-corrected chi connectivity index (χ4v) is 1.79. The number of nitrogens with two attached hydrogens (primary N) is 1. The van der Waals surface area contributed by atoms with Gasteiger partial charge in [0.15, 0.2) is 0 Å². The molecule has 1 amide bonds. The zero-order chi connectivity index (χ0) is 12.4. The first-order chi connectivity index (χ1) is 7.57. The fourth-order valence-electron chi connectivity index (χ4n) is 1.30. The Hall–Kier alpha value is -0.220. The molecule has 0 aliphatic carbocycles. The van der Waals surface area contributed by atoms with Gasteiger partial charge in [0.1, 0.15) is 0 Å². The second-order valence-electron chi connectivity index (χ2n) is 4.52. The molecule has 3 N–H and O–H groups in total. The van der Waals surface area contributed by atoms with Crippen molar-refractivity contribution in [1.82, 2.24) is 5.32 Å². The van der Waals surface area contributed by atoms with E-state index in [0.29, 0.717) is 12.3 Å². The molecule has 0 aliphatic rings. The number of carbonyl (C=O) groups excluding carboxylic acids is 1. The van der Waals surface area contributed by atoms with E-state index < -0.39 is 0 Å². The molecular weight excluding hydrogens is 220 g/mol. The van der Waals surface area contributed by atoms with Crippen LogP contribution < -0.4 is 11.1 Å². The molecule has 4 heteroatoms. The summed E-state index contributed by atoms with van der Waals surface area (Å²) in [6.45, 7) is 4.87. The Labute approximate surface area is 104 Å². The highest BCUT2D eigenvalue weighted by Crippen LogP contribution is 2.03. The van der Waals surface area contributed by atoms with E-state index in [1.165, 1.54) is 18.6 Å². The van der Waals surface area contributed by atoms with Gasteiger partial charge in [0.05, 0.1) is 0 Å². The molecule has 0 heterocycles. The van der Waals surface area contributed by atoms with Crippen molar-refractivity contribution in [3.05, 3.63) is 0 Å². The summed E-state index contributed by atoms with van der Waals surface area (Å²) >= 11 is 1.87. The van der Waals surface area contributed by atoms with Gasteiger partial charge in [-0.05, 0) is 30.8 Å². The number of rotatable bonds is 9. The summed E-state index contributed by atoms with van der Waals surface area (Å²) in [7, 11) is 0. The highest BCUT2D eigenvalue weighted by molar-refractivity contribution is 7.98. The number of amides is 1. The molecule has 3 nitrogen and oxygen atoms in total. The molecular formula is C12H26N2OS. The minimum Gasteiger partial charge on any atom is -0.356 e. The minimum absolute atomic E-state index is 0.0171. The fraction of sp³-hybridized carbons (Fsp3) is 0.917. The van der Waals surface area contributed by atoms with Crippen molar-refractivity contribution in [2.24, 2.45) is 11.7 Å². The van der Waals surface area contributed by atoms with Crippen LogP contribution in [0.3, 0.4) is 0 Å². The lowest BCUT2D eigenvalue weighted by Gasteiger charge is -2.14. The van der Waals surface area contributed by atoms with Crippen LogP contribution in [-0.2, 0) is 4.79 Å². The van der Waals surface area contributed by atoms with E-state index in [9.17, 15) is 4.79 Å². The van der Waals surface area contributed by atoms with Gasteiger partial charge in [0.2, 0.25) is 5.91 Å². The molecule has 0 aromatic rings. The second-order valence-corrected chi connectivity index (χ2v) is 5.50. The maximum atomic E-state index is 11.5. The first kappa shape index (κ1) is 15.8. The summed E-state index contributed by atoms with van der Waals surface area (Å²) in [5, 5.41) is 2.92. The Morgan fingerprint density at radius 1 is 1.31 bits per heavy atom. The molecule has 0 saturated heterocycles. The lowest BCUT2D eigenvalue weighted by Crippen LogP contribution is -2.35. The number of thioether (sulfide) groups is 1. The molecule has 0 spiro atoms. The Morgan fingerprint density at radius 3 is 2.56 bits per heavy atom. The molecule has 0 fully saturated rings. The zero-order valence-corrected chi connectivity index (χ0v) is 11.6. The van der Waals surface area contributed by atoms with Crippen molar-refractivity contribution in [1.29, 1.82) is 0 Å². The first-order valence-electron chi connectivity index (χ1n) is 6.09. The molecule has 0 saturated carbocycles. The van der Waals surface area contributed by atoms with Crippen LogP contribution in [0.1, 0.15) is 39.5 Å². The third kappa shape index (κ3) is 9.04. The van der Waals surface area contributed by atoms with Gasteiger partial charge >= 0.3 is 0 Å².